The van der Waals surface area contributed by atoms with Crippen molar-refractivity contribution in [2.24, 2.45) is 4.99 Å². The predicted octanol–water partition coefficient (Wildman–Crippen LogP) is 3.46. The fourth-order valence-corrected chi connectivity index (χ4v) is 2.53. The second kappa shape index (κ2) is 6.21. The monoisotopic (exact) mass is 303 g/mol. The first-order valence-corrected chi connectivity index (χ1v) is 7.09. The highest BCUT2D eigenvalue weighted by molar-refractivity contribution is 5.92. The molecule has 1 unspecified atom stereocenters. The number of aliphatic imine (C=N–C) groups is 1. The maximum absolute atomic E-state index is 9.33. The van der Waals surface area contributed by atoms with Crippen LogP contribution >= 0.6 is 0 Å². The van der Waals surface area contributed by atoms with Crippen molar-refractivity contribution >= 4 is 11.6 Å². The van der Waals surface area contributed by atoms with Crippen LogP contribution in [-0.4, -0.2) is 12.5 Å². The number of benzene rings is 2. The van der Waals surface area contributed by atoms with Gasteiger partial charge in [-0.1, -0.05) is 42.5 Å². The summed E-state index contributed by atoms with van der Waals surface area (Å²) in [7, 11) is 0. The number of nitriles is 2. The fourth-order valence-electron chi connectivity index (χ4n) is 2.53. The molecule has 0 spiro atoms. The van der Waals surface area contributed by atoms with E-state index in [4.69, 9.17) is 14.7 Å². The highest BCUT2D eigenvalue weighted by atomic mass is 16.6. The molecule has 23 heavy (non-hydrogen) atoms. The van der Waals surface area contributed by atoms with Gasteiger partial charge < -0.3 is 9.47 Å². The maximum Gasteiger partial charge on any atom is 0.241 e. The molecule has 0 fully saturated rings. The number of para-hydroxylation sites is 2. The molecule has 1 atom stereocenters. The molecule has 1 heterocycles. The molecule has 2 aromatic carbocycles. The third-order valence-electron chi connectivity index (χ3n) is 3.56. The maximum atomic E-state index is 9.33. The van der Waals surface area contributed by atoms with E-state index < -0.39 is 5.60 Å². The molecule has 5 heteroatoms. The molecular formula is C18H13N3O2. The third-order valence-corrected chi connectivity index (χ3v) is 3.56. The summed E-state index contributed by atoms with van der Waals surface area (Å²) in [6.45, 7) is -0.162. The van der Waals surface area contributed by atoms with Crippen LogP contribution in [0.2, 0.25) is 0 Å². The number of nitrogens with zero attached hydrogens (tertiary/aromatic N) is 3. The van der Waals surface area contributed by atoms with E-state index in [1.807, 2.05) is 48.5 Å². The van der Waals surface area contributed by atoms with Crippen LogP contribution in [0, 0.1) is 22.7 Å². The number of hydrogen-bond donors (Lipinski definition) is 0. The highest BCUT2D eigenvalue weighted by Gasteiger charge is 2.45. The van der Waals surface area contributed by atoms with Gasteiger partial charge >= 0.3 is 0 Å². The number of ether oxygens (including phenoxy) is 2. The van der Waals surface area contributed by atoms with Crippen molar-refractivity contribution in [3.05, 3.63) is 60.2 Å². The summed E-state index contributed by atoms with van der Waals surface area (Å²) < 4.78 is 11.7. The Labute approximate surface area is 134 Å². The van der Waals surface area contributed by atoms with Gasteiger partial charge in [0, 0.05) is 5.56 Å². The van der Waals surface area contributed by atoms with E-state index in [9.17, 15) is 5.26 Å². The molecule has 0 amide bonds. The van der Waals surface area contributed by atoms with Crippen molar-refractivity contribution in [1.82, 2.24) is 0 Å². The van der Waals surface area contributed by atoms with Crippen molar-refractivity contribution < 1.29 is 9.47 Å². The van der Waals surface area contributed by atoms with Crippen LogP contribution in [0.1, 0.15) is 12.0 Å². The summed E-state index contributed by atoms with van der Waals surface area (Å²) in [5.41, 5.74) is 0.221. The van der Waals surface area contributed by atoms with Gasteiger partial charge in [0.1, 0.15) is 17.5 Å². The lowest BCUT2D eigenvalue weighted by Crippen LogP contribution is -2.44. The summed E-state index contributed by atoms with van der Waals surface area (Å²) in [5.74, 6) is 0.807. The molecule has 0 saturated carbocycles. The standard InChI is InChI=1S/C18H13N3O2/c19-11-10-18(14-6-2-1-3-7-14)17(22-13-12-20)21-15-8-4-5-9-16(15)23-18/h1-9H,10,13H2. The smallest absolute Gasteiger partial charge is 0.241 e. The molecule has 0 saturated heterocycles. The van der Waals surface area contributed by atoms with E-state index in [1.165, 1.54) is 0 Å². The lowest BCUT2D eigenvalue weighted by Gasteiger charge is -2.36. The minimum absolute atomic E-state index is 0.0234. The molecule has 112 valence electrons. The van der Waals surface area contributed by atoms with Crippen LogP contribution in [0.4, 0.5) is 5.69 Å². The highest BCUT2D eigenvalue weighted by Crippen LogP contribution is 2.42. The van der Waals surface area contributed by atoms with E-state index >= 15 is 0 Å². The summed E-state index contributed by atoms with van der Waals surface area (Å²) in [4.78, 5) is 4.50. The van der Waals surface area contributed by atoms with Crippen LogP contribution < -0.4 is 4.74 Å². The van der Waals surface area contributed by atoms with E-state index in [1.54, 1.807) is 12.1 Å². The molecule has 0 bridgehead atoms. The van der Waals surface area contributed by atoms with Crippen LogP contribution in [0.25, 0.3) is 0 Å². The van der Waals surface area contributed by atoms with Gasteiger partial charge in [0.2, 0.25) is 11.5 Å². The molecule has 0 aliphatic carbocycles. The lowest BCUT2D eigenvalue weighted by atomic mass is 9.89. The molecule has 1 aliphatic rings. The van der Waals surface area contributed by atoms with Gasteiger partial charge in [0.15, 0.2) is 6.61 Å². The second-order valence-electron chi connectivity index (χ2n) is 4.96. The summed E-state index contributed by atoms with van der Waals surface area (Å²) in [6.07, 6.45) is 0.0234. The summed E-state index contributed by atoms with van der Waals surface area (Å²) in [6, 6.07) is 20.7. The van der Waals surface area contributed by atoms with E-state index in [-0.39, 0.29) is 18.9 Å². The summed E-state index contributed by atoms with van der Waals surface area (Å²) in [5, 5.41) is 18.2. The Morgan fingerprint density at radius 2 is 1.74 bits per heavy atom. The van der Waals surface area contributed by atoms with Crippen molar-refractivity contribution in [3.8, 4) is 17.9 Å². The lowest BCUT2D eigenvalue weighted by molar-refractivity contribution is 0.107. The van der Waals surface area contributed by atoms with Gasteiger partial charge in [-0.2, -0.15) is 10.5 Å². The Morgan fingerprint density at radius 1 is 1.00 bits per heavy atom. The third kappa shape index (κ3) is 2.61. The minimum atomic E-state index is -1.15. The Bertz CT molecular complexity index is 818. The minimum Gasteiger partial charge on any atom is -0.469 e. The van der Waals surface area contributed by atoms with Crippen molar-refractivity contribution in [2.75, 3.05) is 6.61 Å². The van der Waals surface area contributed by atoms with Crippen molar-refractivity contribution in [2.45, 2.75) is 12.0 Å². The first-order valence-electron chi connectivity index (χ1n) is 7.09. The van der Waals surface area contributed by atoms with Crippen LogP contribution in [0.5, 0.6) is 5.75 Å². The Kier molecular flexibility index (Phi) is 3.95. The SMILES string of the molecule is N#CCOC1=Nc2ccccc2OC1(CC#N)c1ccccc1. The van der Waals surface area contributed by atoms with Crippen LogP contribution in [-0.2, 0) is 10.3 Å². The normalized spacial score (nSPS) is 18.6. The van der Waals surface area contributed by atoms with Gasteiger partial charge in [-0.15, -0.1) is 0 Å². The number of rotatable bonds is 3. The molecule has 0 radical (unpaired) electrons. The number of hydrogen-bond acceptors (Lipinski definition) is 5. The molecule has 0 N–H and O–H groups in total. The molecule has 3 rings (SSSR count). The first-order chi connectivity index (χ1) is 11.3. The van der Waals surface area contributed by atoms with Crippen LogP contribution in [0.3, 0.4) is 0 Å². The number of fused-ring (bicyclic) bond motifs is 1. The average molecular weight is 303 g/mol. The largest absolute Gasteiger partial charge is 0.469 e. The van der Waals surface area contributed by atoms with E-state index in [0.29, 0.717) is 11.4 Å². The van der Waals surface area contributed by atoms with Gasteiger partial charge in [-0.3, -0.25) is 0 Å². The molecule has 1 aliphatic heterocycles. The molecular weight excluding hydrogens is 290 g/mol. The zero-order chi connectivity index (χ0) is 16.1. The summed E-state index contributed by atoms with van der Waals surface area (Å²) >= 11 is 0. The Morgan fingerprint density at radius 3 is 2.48 bits per heavy atom. The van der Waals surface area contributed by atoms with Crippen molar-refractivity contribution in [1.29, 1.82) is 10.5 Å². The molecule has 2 aromatic rings. The van der Waals surface area contributed by atoms with Gasteiger partial charge in [-0.25, -0.2) is 4.99 Å². The quantitative estimate of drug-likeness (QED) is 0.869. The zero-order valence-electron chi connectivity index (χ0n) is 12.3. The van der Waals surface area contributed by atoms with E-state index in [0.717, 1.165) is 5.56 Å². The first kappa shape index (κ1) is 14.6. The molecule has 0 aromatic heterocycles. The van der Waals surface area contributed by atoms with Crippen molar-refractivity contribution in [3.63, 3.8) is 0 Å². The van der Waals surface area contributed by atoms with Gasteiger partial charge in [-0.05, 0) is 12.1 Å². The fraction of sp³-hybridized carbons (Fsp3) is 0.167. The Balaban J connectivity index is 2.17. The average Bonchev–Trinajstić information content (AvgIpc) is 2.60. The predicted molar refractivity (Wildman–Crippen MR) is 84.1 cm³/mol. The second-order valence-corrected chi connectivity index (χ2v) is 4.96. The van der Waals surface area contributed by atoms with Gasteiger partial charge in [0.25, 0.3) is 0 Å². The van der Waals surface area contributed by atoms with Gasteiger partial charge in [0.05, 0.1) is 12.5 Å². The molecule has 5 nitrogen and oxygen atoms in total. The Hall–Kier alpha value is -3.31. The van der Waals surface area contributed by atoms with Crippen LogP contribution in [0.15, 0.2) is 59.6 Å². The zero-order valence-corrected chi connectivity index (χ0v) is 12.3. The topological polar surface area (TPSA) is 78.4 Å². The van der Waals surface area contributed by atoms with E-state index in [2.05, 4.69) is 11.1 Å².